The van der Waals surface area contributed by atoms with Gasteiger partial charge in [0.2, 0.25) is 11.8 Å². The molecule has 2 saturated heterocycles. The molecule has 1 unspecified atom stereocenters. The van der Waals surface area contributed by atoms with E-state index in [0.29, 0.717) is 37.0 Å². The van der Waals surface area contributed by atoms with Crippen molar-refractivity contribution in [3.8, 4) is 0 Å². The minimum absolute atomic E-state index is 0.0137. The summed E-state index contributed by atoms with van der Waals surface area (Å²) in [6, 6.07) is 2.84. The molecule has 2 N–H and O–H groups in total. The number of imide groups is 1. The first-order valence-electron chi connectivity index (χ1n) is 12.4. The van der Waals surface area contributed by atoms with Gasteiger partial charge in [-0.15, -0.1) is 0 Å². The first-order valence-corrected chi connectivity index (χ1v) is 12.4. The third-order valence-corrected chi connectivity index (χ3v) is 7.70. The number of hydrogen-bond donors (Lipinski definition) is 2. The number of benzene rings is 1. The number of carbonyl (C=O) groups is 3. The summed E-state index contributed by atoms with van der Waals surface area (Å²) in [6.07, 6.45) is 4.47. The number of fused-ring (bicyclic) bond motifs is 1. The average molecular weight is 476 g/mol. The van der Waals surface area contributed by atoms with Crippen LogP contribution < -0.4 is 10.6 Å². The maximum absolute atomic E-state index is 15.6. The molecule has 34 heavy (non-hydrogen) atoms. The number of halogens is 2. The molecule has 0 bridgehead atoms. The molecular weight excluding hydrogens is 444 g/mol. The molecule has 3 aliphatic heterocycles. The van der Waals surface area contributed by atoms with Crippen LogP contribution in [0.2, 0.25) is 0 Å². The van der Waals surface area contributed by atoms with E-state index in [9.17, 15) is 18.8 Å². The van der Waals surface area contributed by atoms with Crippen molar-refractivity contribution in [3.05, 3.63) is 34.6 Å². The Morgan fingerprint density at radius 3 is 2.65 bits per heavy atom. The SMILES string of the molecule is O=C1CCC(N2Cc3c(ccc(C[C@H]4OCCC[C@@H]4N[C@H]4CC[C@H](F)CC4)c3F)C2=O)C(=O)N1. The quantitative estimate of drug-likeness (QED) is 0.640. The lowest BCUT2D eigenvalue weighted by Gasteiger charge is -2.37. The van der Waals surface area contributed by atoms with Crippen LogP contribution in [-0.2, 0) is 27.3 Å². The Kier molecular flexibility index (Phi) is 6.66. The minimum atomic E-state index is -0.768. The third kappa shape index (κ3) is 4.60. The summed E-state index contributed by atoms with van der Waals surface area (Å²) in [5.74, 6) is -1.67. The fourth-order valence-corrected chi connectivity index (χ4v) is 5.78. The summed E-state index contributed by atoms with van der Waals surface area (Å²) in [5.41, 5.74) is 1.06. The van der Waals surface area contributed by atoms with Crippen molar-refractivity contribution < 1.29 is 27.9 Å². The van der Waals surface area contributed by atoms with E-state index in [4.69, 9.17) is 4.74 Å². The first kappa shape index (κ1) is 23.4. The molecular formula is C25H31F2N3O4. The van der Waals surface area contributed by atoms with Crippen LogP contribution in [0.5, 0.6) is 0 Å². The highest BCUT2D eigenvalue weighted by Crippen LogP contribution is 2.32. The number of piperidine rings is 1. The van der Waals surface area contributed by atoms with E-state index in [1.165, 1.54) is 4.90 Å². The second-order valence-electron chi connectivity index (χ2n) is 9.94. The number of hydrogen-bond acceptors (Lipinski definition) is 5. The van der Waals surface area contributed by atoms with Crippen molar-refractivity contribution in [3.63, 3.8) is 0 Å². The molecule has 0 radical (unpaired) electrons. The van der Waals surface area contributed by atoms with Crippen LogP contribution >= 0.6 is 0 Å². The smallest absolute Gasteiger partial charge is 0.255 e. The van der Waals surface area contributed by atoms with Gasteiger partial charge in [-0.25, -0.2) is 8.78 Å². The van der Waals surface area contributed by atoms with E-state index in [1.54, 1.807) is 12.1 Å². The van der Waals surface area contributed by atoms with Crippen LogP contribution in [0, 0.1) is 5.82 Å². The molecule has 184 valence electrons. The average Bonchev–Trinajstić information content (AvgIpc) is 3.15. The number of ether oxygens (including phenoxy) is 1. The number of carbonyl (C=O) groups excluding carboxylic acids is 3. The summed E-state index contributed by atoms with van der Waals surface area (Å²) in [7, 11) is 0. The van der Waals surface area contributed by atoms with Gasteiger partial charge in [-0.05, 0) is 56.6 Å². The van der Waals surface area contributed by atoms with E-state index in [1.807, 2.05) is 0 Å². The van der Waals surface area contributed by atoms with Gasteiger partial charge in [0.25, 0.3) is 5.91 Å². The number of amides is 3. The highest BCUT2D eigenvalue weighted by Gasteiger charge is 2.41. The zero-order valence-electron chi connectivity index (χ0n) is 19.2. The molecule has 1 aliphatic carbocycles. The highest BCUT2D eigenvalue weighted by molar-refractivity contribution is 6.05. The van der Waals surface area contributed by atoms with Crippen molar-refractivity contribution in [2.45, 2.75) is 94.7 Å². The van der Waals surface area contributed by atoms with Gasteiger partial charge >= 0.3 is 0 Å². The van der Waals surface area contributed by atoms with Gasteiger partial charge in [0.05, 0.1) is 12.6 Å². The molecule has 3 heterocycles. The van der Waals surface area contributed by atoms with Gasteiger partial charge in [-0.1, -0.05) is 6.07 Å². The Morgan fingerprint density at radius 1 is 1.09 bits per heavy atom. The standard InChI is InChI=1S/C25H31F2N3O4/c26-15-4-6-16(7-5-15)28-19-2-1-11-34-21(19)12-14-3-8-17-18(23(14)27)13-30(25(17)33)20-9-10-22(31)29-24(20)32/h3,8,15-16,19-21,28H,1-2,4-7,9-13H2,(H,29,31,32)/t15-,16-,19-,20?,21+/m0/s1. The van der Waals surface area contributed by atoms with E-state index in [-0.39, 0.29) is 55.0 Å². The summed E-state index contributed by atoms with van der Waals surface area (Å²) >= 11 is 0. The lowest BCUT2D eigenvalue weighted by molar-refractivity contribution is -0.136. The maximum atomic E-state index is 15.6. The molecule has 1 aromatic rings. The van der Waals surface area contributed by atoms with Crippen molar-refractivity contribution in [1.29, 1.82) is 0 Å². The fourth-order valence-electron chi connectivity index (χ4n) is 5.78. The van der Waals surface area contributed by atoms with Crippen molar-refractivity contribution >= 4 is 17.7 Å². The van der Waals surface area contributed by atoms with Crippen molar-refractivity contribution in [1.82, 2.24) is 15.5 Å². The molecule has 0 spiro atoms. The molecule has 0 aromatic heterocycles. The van der Waals surface area contributed by atoms with E-state index >= 15 is 4.39 Å². The predicted octanol–water partition coefficient (Wildman–Crippen LogP) is 2.55. The van der Waals surface area contributed by atoms with Crippen LogP contribution in [0.3, 0.4) is 0 Å². The largest absolute Gasteiger partial charge is 0.376 e. The number of nitrogens with zero attached hydrogens (tertiary/aromatic N) is 1. The topological polar surface area (TPSA) is 87.7 Å². The number of alkyl halides is 1. The maximum Gasteiger partial charge on any atom is 0.255 e. The Balaban J connectivity index is 1.29. The number of nitrogens with one attached hydrogen (secondary N) is 2. The van der Waals surface area contributed by atoms with Crippen LogP contribution in [0.15, 0.2) is 12.1 Å². The zero-order chi connectivity index (χ0) is 23.8. The first-order chi connectivity index (χ1) is 16.4. The third-order valence-electron chi connectivity index (χ3n) is 7.70. The summed E-state index contributed by atoms with van der Waals surface area (Å²) in [5, 5.41) is 5.90. The highest BCUT2D eigenvalue weighted by atomic mass is 19.1. The van der Waals surface area contributed by atoms with Gasteiger partial charge in [0.1, 0.15) is 18.0 Å². The Hall–Kier alpha value is -2.39. The number of rotatable bonds is 5. The summed E-state index contributed by atoms with van der Waals surface area (Å²) < 4.78 is 35.1. The van der Waals surface area contributed by atoms with Gasteiger partial charge in [-0.3, -0.25) is 19.7 Å². The fraction of sp³-hybridized carbons (Fsp3) is 0.640. The molecule has 3 atom stereocenters. The van der Waals surface area contributed by atoms with Crippen molar-refractivity contribution in [2.75, 3.05) is 6.61 Å². The zero-order valence-corrected chi connectivity index (χ0v) is 19.2. The normalized spacial score (nSPS) is 32.0. The second kappa shape index (κ2) is 9.70. The molecule has 9 heteroatoms. The molecule has 1 aromatic carbocycles. The second-order valence-corrected chi connectivity index (χ2v) is 9.94. The molecule has 3 amide bonds. The van der Waals surface area contributed by atoms with Crippen LogP contribution in [0.1, 0.15) is 72.9 Å². The Bertz CT molecular complexity index is 979. The molecule has 1 saturated carbocycles. The van der Waals surface area contributed by atoms with Gasteiger partial charge in [0, 0.05) is 42.7 Å². The van der Waals surface area contributed by atoms with E-state index in [2.05, 4.69) is 10.6 Å². The summed E-state index contributed by atoms with van der Waals surface area (Å²) in [6.45, 7) is 0.633. The Labute approximate surface area is 197 Å². The van der Waals surface area contributed by atoms with Gasteiger partial charge < -0.3 is 15.0 Å². The van der Waals surface area contributed by atoms with Gasteiger partial charge in [0.15, 0.2) is 0 Å². The molecule has 7 nitrogen and oxygen atoms in total. The van der Waals surface area contributed by atoms with Crippen LogP contribution in [0.25, 0.3) is 0 Å². The van der Waals surface area contributed by atoms with E-state index < -0.39 is 23.9 Å². The van der Waals surface area contributed by atoms with Crippen LogP contribution in [-0.4, -0.2) is 59.6 Å². The monoisotopic (exact) mass is 475 g/mol. The Morgan fingerprint density at radius 2 is 1.88 bits per heavy atom. The van der Waals surface area contributed by atoms with Crippen molar-refractivity contribution in [2.24, 2.45) is 0 Å². The molecule has 3 fully saturated rings. The predicted molar refractivity (Wildman–Crippen MR) is 119 cm³/mol. The van der Waals surface area contributed by atoms with Gasteiger partial charge in [-0.2, -0.15) is 0 Å². The van der Waals surface area contributed by atoms with Crippen LogP contribution in [0.4, 0.5) is 8.78 Å². The lowest BCUT2D eigenvalue weighted by atomic mass is 9.90. The summed E-state index contributed by atoms with van der Waals surface area (Å²) in [4.78, 5) is 38.0. The minimum Gasteiger partial charge on any atom is -0.376 e. The molecule has 4 aliphatic rings. The molecule has 5 rings (SSSR count). The lowest BCUT2D eigenvalue weighted by Crippen LogP contribution is -2.52. The van der Waals surface area contributed by atoms with E-state index in [0.717, 1.165) is 25.7 Å².